The van der Waals surface area contributed by atoms with Gasteiger partial charge in [0, 0.05) is 26.3 Å². The van der Waals surface area contributed by atoms with Crippen molar-refractivity contribution in [1.82, 2.24) is 9.97 Å². The molecule has 1 saturated heterocycles. The van der Waals surface area contributed by atoms with Gasteiger partial charge in [-0.05, 0) is 24.2 Å². The van der Waals surface area contributed by atoms with Gasteiger partial charge in [-0.15, -0.1) is 0 Å². The Morgan fingerprint density at radius 2 is 1.95 bits per heavy atom. The molecule has 0 bridgehead atoms. The van der Waals surface area contributed by atoms with Crippen LogP contribution in [0.25, 0.3) is 0 Å². The molecular formula is C15H26N4O. The molecule has 0 radical (unpaired) electrons. The van der Waals surface area contributed by atoms with Crippen LogP contribution in [0.5, 0.6) is 0 Å². The van der Waals surface area contributed by atoms with Gasteiger partial charge in [-0.1, -0.05) is 20.8 Å². The number of piperidine rings is 1. The van der Waals surface area contributed by atoms with Gasteiger partial charge >= 0.3 is 0 Å². The molecule has 2 heterocycles. The van der Waals surface area contributed by atoms with Crippen molar-refractivity contribution in [2.45, 2.75) is 40.2 Å². The highest BCUT2D eigenvalue weighted by Crippen LogP contribution is 2.35. The molecule has 1 aromatic heterocycles. The lowest BCUT2D eigenvalue weighted by molar-refractivity contribution is 0.177. The fourth-order valence-electron chi connectivity index (χ4n) is 2.83. The zero-order valence-corrected chi connectivity index (χ0v) is 13.0. The predicted molar refractivity (Wildman–Crippen MR) is 81.5 cm³/mol. The van der Waals surface area contributed by atoms with Crippen LogP contribution in [0.2, 0.25) is 0 Å². The fraction of sp³-hybridized carbons (Fsp3) is 0.733. The number of nitrogens with zero attached hydrogens (tertiary/aromatic N) is 3. The minimum absolute atomic E-state index is 0.387. The molecule has 0 spiro atoms. The van der Waals surface area contributed by atoms with E-state index in [9.17, 15) is 0 Å². The van der Waals surface area contributed by atoms with Gasteiger partial charge in [0.2, 0.25) is 0 Å². The summed E-state index contributed by atoms with van der Waals surface area (Å²) < 4.78 is 5.09. The van der Waals surface area contributed by atoms with Crippen LogP contribution in [0.15, 0.2) is 6.07 Å². The maximum absolute atomic E-state index is 5.86. The van der Waals surface area contributed by atoms with Gasteiger partial charge in [0.15, 0.2) is 5.82 Å². The lowest BCUT2D eigenvalue weighted by atomic mass is 9.75. The topological polar surface area (TPSA) is 64.3 Å². The van der Waals surface area contributed by atoms with Gasteiger partial charge in [-0.3, -0.25) is 0 Å². The molecule has 2 rings (SSSR count). The van der Waals surface area contributed by atoms with Gasteiger partial charge in [-0.25, -0.2) is 9.97 Å². The molecular weight excluding hydrogens is 252 g/mol. The van der Waals surface area contributed by atoms with E-state index < -0.39 is 0 Å². The standard InChI is InChI=1S/C15H26N4O/c1-15(2,3)11-5-7-19(8-6-11)14-9-12(16)17-13(18-14)10-20-4/h9,11H,5-8,10H2,1-4H3,(H2,16,17,18). The van der Waals surface area contributed by atoms with E-state index in [1.807, 2.05) is 6.07 Å². The fourth-order valence-corrected chi connectivity index (χ4v) is 2.83. The van der Waals surface area contributed by atoms with Gasteiger partial charge in [0.25, 0.3) is 0 Å². The smallest absolute Gasteiger partial charge is 0.158 e. The van der Waals surface area contributed by atoms with Crippen molar-refractivity contribution < 1.29 is 4.74 Å². The van der Waals surface area contributed by atoms with E-state index in [2.05, 4.69) is 35.6 Å². The molecule has 2 N–H and O–H groups in total. The van der Waals surface area contributed by atoms with Crippen LogP contribution in [-0.4, -0.2) is 30.2 Å². The summed E-state index contributed by atoms with van der Waals surface area (Å²) >= 11 is 0. The van der Waals surface area contributed by atoms with Crippen LogP contribution >= 0.6 is 0 Å². The predicted octanol–water partition coefficient (Wildman–Crippen LogP) is 2.47. The Morgan fingerprint density at radius 3 is 2.50 bits per heavy atom. The molecule has 5 nitrogen and oxygen atoms in total. The second-order valence-corrected chi connectivity index (χ2v) is 6.63. The first-order chi connectivity index (χ1) is 9.40. The third-order valence-corrected chi connectivity index (χ3v) is 4.10. The van der Waals surface area contributed by atoms with Crippen LogP contribution in [0.1, 0.15) is 39.4 Å². The van der Waals surface area contributed by atoms with Crippen molar-refractivity contribution in [3.8, 4) is 0 Å². The third-order valence-electron chi connectivity index (χ3n) is 4.10. The number of nitrogen functional groups attached to an aromatic ring is 1. The number of rotatable bonds is 3. The molecule has 0 amide bonds. The molecule has 5 heteroatoms. The van der Waals surface area contributed by atoms with Gasteiger partial charge in [0.1, 0.15) is 18.2 Å². The van der Waals surface area contributed by atoms with E-state index in [0.717, 1.165) is 24.8 Å². The Labute approximate surface area is 121 Å². The number of nitrogens with two attached hydrogens (primary N) is 1. The summed E-state index contributed by atoms with van der Waals surface area (Å²) in [7, 11) is 1.64. The maximum Gasteiger partial charge on any atom is 0.158 e. The van der Waals surface area contributed by atoms with Gasteiger partial charge in [-0.2, -0.15) is 0 Å². The number of hydrogen-bond donors (Lipinski definition) is 1. The van der Waals surface area contributed by atoms with Crippen molar-refractivity contribution in [2.75, 3.05) is 30.8 Å². The molecule has 1 aliphatic heterocycles. The number of methoxy groups -OCH3 is 1. The quantitative estimate of drug-likeness (QED) is 0.920. The molecule has 0 saturated carbocycles. The summed E-state index contributed by atoms with van der Waals surface area (Å²) in [5, 5.41) is 0. The SMILES string of the molecule is COCc1nc(N)cc(N2CCC(C(C)(C)C)CC2)n1. The first-order valence-corrected chi connectivity index (χ1v) is 7.27. The van der Waals surface area contributed by atoms with Crippen molar-refractivity contribution in [2.24, 2.45) is 11.3 Å². The van der Waals surface area contributed by atoms with Crippen molar-refractivity contribution in [3.63, 3.8) is 0 Å². The largest absolute Gasteiger partial charge is 0.384 e. The number of ether oxygens (including phenoxy) is 1. The normalized spacial score (nSPS) is 17.5. The van der Waals surface area contributed by atoms with Crippen LogP contribution < -0.4 is 10.6 Å². The Morgan fingerprint density at radius 1 is 1.30 bits per heavy atom. The average molecular weight is 278 g/mol. The molecule has 0 aliphatic carbocycles. The second kappa shape index (κ2) is 5.95. The van der Waals surface area contributed by atoms with Crippen LogP contribution in [0.4, 0.5) is 11.6 Å². The van der Waals surface area contributed by atoms with E-state index in [-0.39, 0.29) is 0 Å². The Hall–Kier alpha value is -1.36. The van der Waals surface area contributed by atoms with Crippen molar-refractivity contribution in [1.29, 1.82) is 0 Å². The Balaban J connectivity index is 2.07. The highest BCUT2D eigenvalue weighted by atomic mass is 16.5. The molecule has 1 aliphatic rings. The Kier molecular flexibility index (Phi) is 4.48. The minimum atomic E-state index is 0.387. The van der Waals surface area contributed by atoms with Gasteiger partial charge in [0.05, 0.1) is 0 Å². The van der Waals surface area contributed by atoms with Gasteiger partial charge < -0.3 is 15.4 Å². The Bertz CT molecular complexity index is 448. The summed E-state index contributed by atoms with van der Waals surface area (Å²) in [6.07, 6.45) is 2.40. The minimum Gasteiger partial charge on any atom is -0.384 e. The number of anilines is 2. The lowest BCUT2D eigenvalue weighted by Crippen LogP contribution is -2.38. The van der Waals surface area contributed by atoms with Crippen molar-refractivity contribution >= 4 is 11.6 Å². The van der Waals surface area contributed by atoms with E-state index >= 15 is 0 Å². The highest BCUT2D eigenvalue weighted by Gasteiger charge is 2.29. The molecule has 112 valence electrons. The summed E-state index contributed by atoms with van der Waals surface area (Å²) in [6.45, 7) is 9.44. The van der Waals surface area contributed by atoms with E-state index in [1.54, 1.807) is 7.11 Å². The lowest BCUT2D eigenvalue weighted by Gasteiger charge is -2.39. The average Bonchev–Trinajstić information content (AvgIpc) is 2.37. The summed E-state index contributed by atoms with van der Waals surface area (Å²) in [6, 6.07) is 1.86. The molecule has 0 aromatic carbocycles. The number of hydrogen-bond acceptors (Lipinski definition) is 5. The molecule has 1 fully saturated rings. The summed E-state index contributed by atoms with van der Waals surface area (Å²) in [4.78, 5) is 11.0. The number of aromatic nitrogens is 2. The van der Waals surface area contributed by atoms with E-state index in [4.69, 9.17) is 10.5 Å². The molecule has 0 atom stereocenters. The van der Waals surface area contributed by atoms with Crippen LogP contribution in [0.3, 0.4) is 0 Å². The van der Waals surface area contributed by atoms with E-state index in [1.165, 1.54) is 12.8 Å². The van der Waals surface area contributed by atoms with Crippen molar-refractivity contribution in [3.05, 3.63) is 11.9 Å². The zero-order chi connectivity index (χ0) is 14.8. The molecule has 1 aromatic rings. The second-order valence-electron chi connectivity index (χ2n) is 6.63. The molecule has 0 unspecified atom stereocenters. The summed E-state index contributed by atoms with van der Waals surface area (Å²) in [5.41, 5.74) is 6.25. The monoisotopic (exact) mass is 278 g/mol. The highest BCUT2D eigenvalue weighted by molar-refractivity contribution is 5.47. The molecule has 20 heavy (non-hydrogen) atoms. The van der Waals surface area contributed by atoms with E-state index in [0.29, 0.717) is 23.7 Å². The van der Waals surface area contributed by atoms with Crippen LogP contribution in [0, 0.1) is 11.3 Å². The summed E-state index contributed by atoms with van der Waals surface area (Å²) in [5.74, 6) is 2.87. The first-order valence-electron chi connectivity index (χ1n) is 7.27. The first kappa shape index (κ1) is 15.0. The zero-order valence-electron chi connectivity index (χ0n) is 13.0. The van der Waals surface area contributed by atoms with Crippen LogP contribution in [-0.2, 0) is 11.3 Å². The third kappa shape index (κ3) is 3.60. The maximum atomic E-state index is 5.86.